The third-order valence-electron chi connectivity index (χ3n) is 5.82. The predicted octanol–water partition coefficient (Wildman–Crippen LogP) is 2.83. The molecular formula is C23H26N4O4S. The van der Waals surface area contributed by atoms with Crippen molar-refractivity contribution in [2.45, 2.75) is 44.6 Å². The number of amides is 1. The first-order chi connectivity index (χ1) is 15.3. The van der Waals surface area contributed by atoms with Gasteiger partial charge >= 0.3 is 0 Å². The molecule has 9 heteroatoms. The number of hydrogen-bond donors (Lipinski definition) is 1. The van der Waals surface area contributed by atoms with Gasteiger partial charge in [0.2, 0.25) is 15.9 Å². The standard InChI is InChI=1S/C23H26N4O4S/c1-16-7-6-8-17(2)23(16)25-21(28)15-27-20-10-9-18(13-19(20)24-14-22(27)29)32(30,31)26-11-4-3-5-12-26/h6-10,13-14H,3-5,11-12,15H2,1-2H3,(H,25,28). The molecule has 1 fully saturated rings. The van der Waals surface area contributed by atoms with Crippen LogP contribution in [0.3, 0.4) is 0 Å². The lowest BCUT2D eigenvalue weighted by Crippen LogP contribution is -2.35. The Morgan fingerprint density at radius 2 is 1.75 bits per heavy atom. The summed E-state index contributed by atoms with van der Waals surface area (Å²) in [5.74, 6) is -0.345. The van der Waals surface area contributed by atoms with Crippen LogP contribution >= 0.6 is 0 Å². The van der Waals surface area contributed by atoms with Crippen LogP contribution in [0.1, 0.15) is 30.4 Å². The summed E-state index contributed by atoms with van der Waals surface area (Å²) < 4.78 is 28.8. The van der Waals surface area contributed by atoms with E-state index in [0.29, 0.717) is 24.1 Å². The molecule has 1 amide bonds. The van der Waals surface area contributed by atoms with Gasteiger partial charge in [0.15, 0.2) is 0 Å². The summed E-state index contributed by atoms with van der Waals surface area (Å²) in [6.07, 6.45) is 3.84. The van der Waals surface area contributed by atoms with E-state index in [2.05, 4.69) is 10.3 Å². The van der Waals surface area contributed by atoms with Crippen molar-refractivity contribution >= 4 is 32.7 Å². The maximum absolute atomic E-state index is 13.0. The van der Waals surface area contributed by atoms with Crippen molar-refractivity contribution in [1.82, 2.24) is 13.9 Å². The zero-order chi connectivity index (χ0) is 22.9. The number of hydrogen-bond acceptors (Lipinski definition) is 5. The zero-order valence-corrected chi connectivity index (χ0v) is 19.0. The largest absolute Gasteiger partial charge is 0.324 e. The number of benzene rings is 2. The van der Waals surface area contributed by atoms with Gasteiger partial charge in [-0.25, -0.2) is 13.4 Å². The summed E-state index contributed by atoms with van der Waals surface area (Å²) in [7, 11) is -3.62. The number of fused-ring (bicyclic) bond motifs is 1. The topological polar surface area (TPSA) is 101 Å². The quantitative estimate of drug-likeness (QED) is 0.639. The van der Waals surface area contributed by atoms with Crippen molar-refractivity contribution < 1.29 is 13.2 Å². The molecule has 1 aliphatic heterocycles. The number of aromatic nitrogens is 2. The highest BCUT2D eigenvalue weighted by atomic mass is 32.2. The highest BCUT2D eigenvalue weighted by Crippen LogP contribution is 2.23. The third kappa shape index (κ3) is 4.31. The summed E-state index contributed by atoms with van der Waals surface area (Å²) in [4.78, 5) is 29.5. The average Bonchev–Trinajstić information content (AvgIpc) is 2.78. The van der Waals surface area contributed by atoms with Crippen LogP contribution in [0.4, 0.5) is 5.69 Å². The molecule has 1 aromatic heterocycles. The number of para-hydroxylation sites is 1. The fourth-order valence-corrected chi connectivity index (χ4v) is 5.60. The SMILES string of the molecule is Cc1cccc(C)c1NC(=O)Cn1c(=O)cnc2cc(S(=O)(=O)N3CCCCC3)ccc21. The molecule has 0 unspecified atom stereocenters. The molecule has 1 aliphatic rings. The Morgan fingerprint density at radius 3 is 2.44 bits per heavy atom. The monoisotopic (exact) mass is 454 g/mol. The lowest BCUT2D eigenvalue weighted by atomic mass is 10.1. The van der Waals surface area contributed by atoms with Crippen LogP contribution in [0.2, 0.25) is 0 Å². The van der Waals surface area contributed by atoms with E-state index >= 15 is 0 Å². The average molecular weight is 455 g/mol. The molecule has 1 N–H and O–H groups in total. The first kappa shape index (κ1) is 22.2. The van der Waals surface area contributed by atoms with Crippen LogP contribution < -0.4 is 10.9 Å². The van der Waals surface area contributed by atoms with Gasteiger partial charge in [0.05, 0.1) is 22.1 Å². The molecule has 8 nitrogen and oxygen atoms in total. The summed E-state index contributed by atoms with van der Waals surface area (Å²) >= 11 is 0. The normalized spacial score (nSPS) is 15.1. The molecule has 2 heterocycles. The molecule has 1 saturated heterocycles. The number of piperidine rings is 1. The Morgan fingerprint density at radius 1 is 1.06 bits per heavy atom. The number of carbonyl (C=O) groups excluding carboxylic acids is 1. The fourth-order valence-electron chi connectivity index (χ4n) is 4.06. The number of rotatable bonds is 5. The Balaban J connectivity index is 1.65. The van der Waals surface area contributed by atoms with E-state index in [1.165, 1.54) is 21.0 Å². The Kier molecular flexibility index (Phi) is 6.12. The number of aryl methyl sites for hydroxylation is 2. The van der Waals surface area contributed by atoms with Gasteiger partial charge in [-0.15, -0.1) is 0 Å². The van der Waals surface area contributed by atoms with Gasteiger partial charge in [-0.3, -0.25) is 14.2 Å². The lowest BCUT2D eigenvalue weighted by molar-refractivity contribution is -0.116. The van der Waals surface area contributed by atoms with E-state index in [9.17, 15) is 18.0 Å². The highest BCUT2D eigenvalue weighted by molar-refractivity contribution is 7.89. The minimum absolute atomic E-state index is 0.143. The summed E-state index contributed by atoms with van der Waals surface area (Å²) in [6.45, 7) is 4.61. The second-order valence-electron chi connectivity index (χ2n) is 8.11. The van der Waals surface area contributed by atoms with Gasteiger partial charge in [0.25, 0.3) is 5.56 Å². The number of sulfonamides is 1. The molecule has 4 rings (SSSR count). The van der Waals surface area contributed by atoms with Crippen LogP contribution in [-0.4, -0.2) is 41.3 Å². The molecule has 0 radical (unpaired) electrons. The van der Waals surface area contributed by atoms with Crippen LogP contribution in [0.5, 0.6) is 0 Å². The summed E-state index contributed by atoms with van der Waals surface area (Å²) in [6, 6.07) is 10.2. The summed E-state index contributed by atoms with van der Waals surface area (Å²) in [5, 5.41) is 2.88. The number of nitrogens with zero attached hydrogens (tertiary/aromatic N) is 3. The molecule has 3 aromatic rings. The molecular weight excluding hydrogens is 428 g/mol. The van der Waals surface area contributed by atoms with Gasteiger partial charge in [0.1, 0.15) is 6.54 Å². The Bertz CT molecular complexity index is 1320. The number of nitrogens with one attached hydrogen (secondary N) is 1. The van der Waals surface area contributed by atoms with Crippen LogP contribution in [0, 0.1) is 13.8 Å². The maximum atomic E-state index is 13.0. The Hall–Kier alpha value is -3.04. The van der Waals surface area contributed by atoms with Crippen LogP contribution in [-0.2, 0) is 21.4 Å². The molecule has 0 spiro atoms. The van der Waals surface area contributed by atoms with E-state index in [-0.39, 0.29) is 17.3 Å². The third-order valence-corrected chi connectivity index (χ3v) is 7.71. The van der Waals surface area contributed by atoms with Crippen molar-refractivity contribution in [2.75, 3.05) is 18.4 Å². The number of carbonyl (C=O) groups is 1. The Labute approximate surface area is 186 Å². The van der Waals surface area contributed by atoms with Gasteiger partial charge in [0, 0.05) is 18.8 Å². The van der Waals surface area contributed by atoms with Gasteiger partial charge < -0.3 is 5.32 Å². The van der Waals surface area contributed by atoms with Gasteiger partial charge in [-0.05, 0) is 56.0 Å². The van der Waals surface area contributed by atoms with E-state index in [4.69, 9.17) is 0 Å². The lowest BCUT2D eigenvalue weighted by Gasteiger charge is -2.26. The van der Waals surface area contributed by atoms with Crippen molar-refractivity contribution in [3.8, 4) is 0 Å². The second kappa shape index (κ2) is 8.84. The van der Waals surface area contributed by atoms with E-state index in [1.54, 1.807) is 6.07 Å². The first-order valence-electron chi connectivity index (χ1n) is 10.6. The molecule has 0 atom stereocenters. The predicted molar refractivity (Wildman–Crippen MR) is 123 cm³/mol. The molecule has 0 saturated carbocycles. The highest BCUT2D eigenvalue weighted by Gasteiger charge is 2.26. The second-order valence-corrected chi connectivity index (χ2v) is 10.1. The molecule has 0 aliphatic carbocycles. The minimum atomic E-state index is -3.62. The van der Waals surface area contributed by atoms with Crippen LogP contribution in [0.25, 0.3) is 11.0 Å². The fraction of sp³-hybridized carbons (Fsp3) is 0.348. The van der Waals surface area contributed by atoms with Gasteiger partial charge in [-0.2, -0.15) is 4.31 Å². The van der Waals surface area contributed by atoms with Crippen LogP contribution in [0.15, 0.2) is 52.3 Å². The van der Waals surface area contributed by atoms with E-state index in [0.717, 1.165) is 42.3 Å². The molecule has 0 bridgehead atoms. The molecule has 32 heavy (non-hydrogen) atoms. The van der Waals surface area contributed by atoms with E-state index in [1.807, 2.05) is 32.0 Å². The maximum Gasteiger partial charge on any atom is 0.269 e. The smallest absolute Gasteiger partial charge is 0.269 e. The molecule has 2 aromatic carbocycles. The van der Waals surface area contributed by atoms with Crippen molar-refractivity contribution in [3.63, 3.8) is 0 Å². The van der Waals surface area contributed by atoms with E-state index < -0.39 is 15.6 Å². The first-order valence-corrected chi connectivity index (χ1v) is 12.1. The summed E-state index contributed by atoms with van der Waals surface area (Å²) in [5.41, 5.74) is 2.91. The van der Waals surface area contributed by atoms with Gasteiger partial charge in [-0.1, -0.05) is 24.6 Å². The van der Waals surface area contributed by atoms with Crippen molar-refractivity contribution in [3.05, 3.63) is 64.1 Å². The molecule has 168 valence electrons. The van der Waals surface area contributed by atoms with Crippen molar-refractivity contribution in [1.29, 1.82) is 0 Å². The van der Waals surface area contributed by atoms with Crippen molar-refractivity contribution in [2.24, 2.45) is 0 Å². The zero-order valence-electron chi connectivity index (χ0n) is 18.2. The minimum Gasteiger partial charge on any atom is -0.324 e. The number of anilines is 1.